The molecule has 1 saturated heterocycles. The molecule has 2 N–H and O–H groups in total. The molecule has 134 valence electrons. The highest BCUT2D eigenvalue weighted by Crippen LogP contribution is 2.16. The molecule has 24 heavy (non-hydrogen) atoms. The minimum atomic E-state index is -1.82. The van der Waals surface area contributed by atoms with E-state index in [0.29, 0.717) is 0 Å². The van der Waals surface area contributed by atoms with E-state index in [1.807, 2.05) is 24.3 Å². The van der Waals surface area contributed by atoms with Crippen molar-refractivity contribution in [2.24, 2.45) is 0 Å². The molecule has 6 nitrogen and oxygen atoms in total. The quantitative estimate of drug-likeness (QED) is 0.600. The first-order chi connectivity index (χ1) is 11.5. The Kier molecular flexibility index (Phi) is 9.88. The van der Waals surface area contributed by atoms with Crippen LogP contribution in [0.3, 0.4) is 0 Å². The van der Waals surface area contributed by atoms with Gasteiger partial charge >= 0.3 is 11.9 Å². The number of hydrogen-bond acceptors (Lipinski definition) is 4. The number of benzene rings is 1. The third-order valence-corrected chi connectivity index (χ3v) is 3.83. The fourth-order valence-corrected chi connectivity index (χ4v) is 2.47. The zero-order chi connectivity index (χ0) is 17.8. The number of carbonyl (C=O) groups is 2. The van der Waals surface area contributed by atoms with Gasteiger partial charge in [0.1, 0.15) is 5.75 Å². The van der Waals surface area contributed by atoms with E-state index in [1.165, 1.54) is 45.3 Å². The van der Waals surface area contributed by atoms with Crippen LogP contribution in [-0.4, -0.2) is 53.3 Å². The zero-order valence-electron chi connectivity index (χ0n) is 13.6. The van der Waals surface area contributed by atoms with Gasteiger partial charge < -0.3 is 19.8 Å². The summed E-state index contributed by atoms with van der Waals surface area (Å²) in [7, 11) is 0. The molecule has 0 bridgehead atoms. The molecule has 0 unspecified atom stereocenters. The summed E-state index contributed by atoms with van der Waals surface area (Å²) in [6.45, 7) is 4.61. The number of unbranched alkanes of at least 4 members (excludes halogenated alkanes) is 1. The van der Waals surface area contributed by atoms with Crippen molar-refractivity contribution in [2.75, 3.05) is 26.2 Å². The molecule has 1 aliphatic rings. The van der Waals surface area contributed by atoms with Crippen LogP contribution >= 0.6 is 11.6 Å². The first-order valence-corrected chi connectivity index (χ1v) is 8.44. The first-order valence-electron chi connectivity index (χ1n) is 8.06. The average Bonchev–Trinajstić information content (AvgIpc) is 2.58. The molecule has 2 rings (SSSR count). The monoisotopic (exact) mass is 357 g/mol. The summed E-state index contributed by atoms with van der Waals surface area (Å²) in [5.74, 6) is -2.73. The first kappa shape index (κ1) is 20.3. The van der Waals surface area contributed by atoms with E-state index in [4.69, 9.17) is 36.1 Å². The average molecular weight is 358 g/mol. The molecule has 1 aromatic rings. The van der Waals surface area contributed by atoms with Gasteiger partial charge in [0.15, 0.2) is 0 Å². The molecule has 7 heteroatoms. The SMILES string of the molecule is Clc1ccc(OCCCCN2CCCCC2)cc1.O=C(O)C(=O)O. The van der Waals surface area contributed by atoms with E-state index in [9.17, 15) is 0 Å². The van der Waals surface area contributed by atoms with Crippen LogP contribution < -0.4 is 4.74 Å². The molecule has 1 aromatic carbocycles. The molecular formula is C17H24ClNO5. The number of likely N-dealkylation sites (tertiary alicyclic amines) is 1. The number of aliphatic carboxylic acids is 2. The van der Waals surface area contributed by atoms with Gasteiger partial charge in [-0.05, 0) is 69.6 Å². The minimum Gasteiger partial charge on any atom is -0.494 e. The Balaban J connectivity index is 0.000000413. The Labute approximate surface area is 147 Å². The molecule has 1 heterocycles. The van der Waals surface area contributed by atoms with Crippen LogP contribution in [0.4, 0.5) is 0 Å². The zero-order valence-corrected chi connectivity index (χ0v) is 14.4. The molecule has 0 saturated carbocycles. The number of rotatable bonds is 6. The number of halogens is 1. The van der Waals surface area contributed by atoms with E-state index in [1.54, 1.807) is 0 Å². The summed E-state index contributed by atoms with van der Waals surface area (Å²) in [5, 5.41) is 15.5. The molecule has 0 aliphatic carbocycles. The third-order valence-electron chi connectivity index (χ3n) is 3.58. The Hall–Kier alpha value is -1.79. The van der Waals surface area contributed by atoms with E-state index in [0.717, 1.165) is 23.8 Å². The van der Waals surface area contributed by atoms with Crippen molar-refractivity contribution in [3.63, 3.8) is 0 Å². The van der Waals surface area contributed by atoms with Crippen molar-refractivity contribution in [1.82, 2.24) is 4.90 Å². The van der Waals surface area contributed by atoms with Crippen LogP contribution in [0, 0.1) is 0 Å². The van der Waals surface area contributed by atoms with Gasteiger partial charge in [0.2, 0.25) is 0 Å². The van der Waals surface area contributed by atoms with Crippen LogP contribution in [0.25, 0.3) is 0 Å². The molecule has 0 atom stereocenters. The van der Waals surface area contributed by atoms with Crippen LogP contribution in [0.1, 0.15) is 32.1 Å². The topological polar surface area (TPSA) is 87.1 Å². The third kappa shape index (κ3) is 9.37. The van der Waals surface area contributed by atoms with Crippen LogP contribution in [0.15, 0.2) is 24.3 Å². The van der Waals surface area contributed by atoms with Crippen LogP contribution in [0.2, 0.25) is 5.02 Å². The highest BCUT2D eigenvalue weighted by molar-refractivity contribution is 6.30. The molecule has 0 amide bonds. The van der Waals surface area contributed by atoms with Crippen molar-refractivity contribution < 1.29 is 24.5 Å². The van der Waals surface area contributed by atoms with E-state index >= 15 is 0 Å². The lowest BCUT2D eigenvalue weighted by atomic mass is 10.1. The van der Waals surface area contributed by atoms with E-state index < -0.39 is 11.9 Å². The van der Waals surface area contributed by atoms with E-state index in [-0.39, 0.29) is 0 Å². The van der Waals surface area contributed by atoms with Gasteiger partial charge in [-0.2, -0.15) is 0 Å². The summed E-state index contributed by atoms with van der Waals surface area (Å²) < 4.78 is 5.67. The lowest BCUT2D eigenvalue weighted by Gasteiger charge is -2.26. The number of carboxylic acids is 2. The van der Waals surface area contributed by atoms with Crippen molar-refractivity contribution in [3.8, 4) is 5.75 Å². The maximum atomic E-state index is 9.10. The highest BCUT2D eigenvalue weighted by atomic mass is 35.5. The Morgan fingerprint density at radius 3 is 2.12 bits per heavy atom. The molecule has 0 radical (unpaired) electrons. The second-order valence-electron chi connectivity index (χ2n) is 5.52. The van der Waals surface area contributed by atoms with E-state index in [2.05, 4.69) is 4.90 Å². The summed E-state index contributed by atoms with van der Waals surface area (Å²) in [5.41, 5.74) is 0. The van der Waals surface area contributed by atoms with Crippen LogP contribution in [-0.2, 0) is 9.59 Å². The van der Waals surface area contributed by atoms with Gasteiger partial charge in [0.05, 0.1) is 6.61 Å². The van der Waals surface area contributed by atoms with Gasteiger partial charge in [0.25, 0.3) is 0 Å². The van der Waals surface area contributed by atoms with Crippen molar-refractivity contribution in [3.05, 3.63) is 29.3 Å². The van der Waals surface area contributed by atoms with Gasteiger partial charge in [-0.3, -0.25) is 0 Å². The summed E-state index contributed by atoms with van der Waals surface area (Å²) in [6, 6.07) is 7.58. The van der Waals surface area contributed by atoms with Gasteiger partial charge in [-0.1, -0.05) is 18.0 Å². The van der Waals surface area contributed by atoms with Gasteiger partial charge in [-0.25, -0.2) is 9.59 Å². The molecular weight excluding hydrogens is 334 g/mol. The molecule has 1 aliphatic heterocycles. The maximum absolute atomic E-state index is 9.10. The van der Waals surface area contributed by atoms with Crippen LogP contribution in [0.5, 0.6) is 5.75 Å². The fraction of sp³-hybridized carbons (Fsp3) is 0.529. The highest BCUT2D eigenvalue weighted by Gasteiger charge is 2.08. The predicted octanol–water partition coefficient (Wildman–Crippen LogP) is 3.14. The fourth-order valence-electron chi connectivity index (χ4n) is 2.34. The Morgan fingerprint density at radius 1 is 1.00 bits per heavy atom. The lowest BCUT2D eigenvalue weighted by molar-refractivity contribution is -0.159. The molecule has 1 fully saturated rings. The summed E-state index contributed by atoms with van der Waals surface area (Å²) in [6.07, 6.45) is 6.52. The number of carboxylic acid groups (broad SMARTS) is 2. The van der Waals surface area contributed by atoms with Crippen molar-refractivity contribution in [1.29, 1.82) is 0 Å². The van der Waals surface area contributed by atoms with Crippen molar-refractivity contribution >= 4 is 23.5 Å². The second-order valence-corrected chi connectivity index (χ2v) is 5.96. The standard InChI is InChI=1S/C15H22ClNO.C2H2O4/c16-14-6-8-15(9-7-14)18-13-5-4-12-17-10-2-1-3-11-17;3-1(4)2(5)6/h6-9H,1-5,10-13H2;(H,3,4)(H,5,6). The smallest absolute Gasteiger partial charge is 0.414 e. The maximum Gasteiger partial charge on any atom is 0.414 e. The molecule has 0 spiro atoms. The summed E-state index contributed by atoms with van der Waals surface area (Å²) >= 11 is 5.82. The minimum absolute atomic E-state index is 0.757. The Bertz CT molecular complexity index is 488. The lowest BCUT2D eigenvalue weighted by Crippen LogP contribution is -2.30. The number of hydrogen-bond donors (Lipinski definition) is 2. The van der Waals surface area contributed by atoms with Crippen molar-refractivity contribution in [2.45, 2.75) is 32.1 Å². The predicted molar refractivity (Wildman–Crippen MR) is 91.7 cm³/mol. The summed E-state index contributed by atoms with van der Waals surface area (Å²) in [4.78, 5) is 20.8. The molecule has 0 aromatic heterocycles. The number of piperidine rings is 1. The van der Waals surface area contributed by atoms with Gasteiger partial charge in [0, 0.05) is 5.02 Å². The van der Waals surface area contributed by atoms with Gasteiger partial charge in [-0.15, -0.1) is 0 Å². The number of ether oxygens (including phenoxy) is 1. The largest absolute Gasteiger partial charge is 0.494 e. The number of nitrogens with zero attached hydrogens (tertiary/aromatic N) is 1. The Morgan fingerprint density at radius 2 is 1.58 bits per heavy atom. The second kappa shape index (κ2) is 11.7. The normalized spacial score (nSPS) is 14.4.